The van der Waals surface area contributed by atoms with Crippen LogP contribution in [0.15, 0.2) is 48.4 Å². The van der Waals surface area contributed by atoms with E-state index in [1.54, 1.807) is 18.2 Å². The lowest BCUT2D eigenvalue weighted by molar-refractivity contribution is -0.134. The molecule has 0 saturated heterocycles. The van der Waals surface area contributed by atoms with Gasteiger partial charge in [-0.15, -0.1) is 11.3 Å². The lowest BCUT2D eigenvalue weighted by atomic mass is 10.3. The molecule has 1 amide bonds. The molecular formula is C14H10F3NO2S. The van der Waals surface area contributed by atoms with Crippen LogP contribution in [0.25, 0.3) is 0 Å². The van der Waals surface area contributed by atoms with Gasteiger partial charge in [-0.05, 0) is 18.2 Å². The van der Waals surface area contributed by atoms with Crippen LogP contribution in [0.5, 0.6) is 11.5 Å². The lowest BCUT2D eigenvalue weighted by Gasteiger charge is -2.06. The van der Waals surface area contributed by atoms with Gasteiger partial charge in [0.1, 0.15) is 16.4 Å². The normalized spacial score (nSPS) is 11.0. The summed E-state index contributed by atoms with van der Waals surface area (Å²) >= 11 is 0.561. The second kappa shape index (κ2) is 6.01. The smallest absolute Gasteiger partial charge is 0.425 e. The summed E-state index contributed by atoms with van der Waals surface area (Å²) in [5, 5.41) is 3.81. The number of thiophene rings is 1. The van der Waals surface area contributed by atoms with Crippen molar-refractivity contribution in [3.05, 3.63) is 53.2 Å². The second-order valence-corrected chi connectivity index (χ2v) is 4.88. The number of nitrogens with one attached hydrogen (secondary N) is 1. The Bertz CT molecular complexity index is 664. The first-order valence-electron chi connectivity index (χ1n) is 5.75. The van der Waals surface area contributed by atoms with Crippen LogP contribution in [-0.4, -0.2) is 5.91 Å². The number of anilines is 1. The van der Waals surface area contributed by atoms with Crippen LogP contribution in [0.1, 0.15) is 4.88 Å². The van der Waals surface area contributed by atoms with Crippen molar-refractivity contribution in [3.8, 4) is 11.5 Å². The molecule has 2 rings (SSSR count). The van der Waals surface area contributed by atoms with E-state index in [0.29, 0.717) is 22.8 Å². The number of carbonyl (C=O) groups is 1. The predicted octanol–water partition coefficient (Wildman–Crippen LogP) is 4.68. The molecular weight excluding hydrogens is 303 g/mol. The average molecular weight is 313 g/mol. The summed E-state index contributed by atoms with van der Waals surface area (Å²) < 4.78 is 42.8. The molecule has 1 heterocycles. The summed E-state index contributed by atoms with van der Waals surface area (Å²) in [6.07, 6.45) is -3.27. The molecule has 21 heavy (non-hydrogen) atoms. The summed E-state index contributed by atoms with van der Waals surface area (Å²) in [4.78, 5) is 10.4. The van der Waals surface area contributed by atoms with Crippen molar-refractivity contribution in [2.24, 2.45) is 0 Å². The van der Waals surface area contributed by atoms with Gasteiger partial charge in [0.05, 0.1) is 0 Å². The van der Waals surface area contributed by atoms with Crippen molar-refractivity contribution >= 4 is 22.9 Å². The number of hydrogen-bond donors (Lipinski definition) is 1. The molecule has 0 aliphatic rings. The molecule has 0 aliphatic heterocycles. The number of alkyl halides is 3. The molecule has 0 fully saturated rings. The molecule has 0 atom stereocenters. The summed E-state index contributed by atoms with van der Waals surface area (Å²) in [5.74, 6) is 0.0324. The van der Waals surface area contributed by atoms with Crippen LogP contribution in [-0.2, 0) is 11.0 Å². The predicted molar refractivity (Wildman–Crippen MR) is 74.7 cm³/mol. The van der Waals surface area contributed by atoms with Crippen LogP contribution < -0.4 is 10.1 Å². The van der Waals surface area contributed by atoms with Gasteiger partial charge in [-0.25, -0.2) is 0 Å². The Labute approximate surface area is 122 Å². The maximum absolute atomic E-state index is 12.5. The minimum Gasteiger partial charge on any atom is -0.456 e. The highest BCUT2D eigenvalue weighted by atomic mass is 32.1. The average Bonchev–Trinajstić information content (AvgIpc) is 2.87. The van der Waals surface area contributed by atoms with Crippen LogP contribution >= 0.6 is 11.3 Å². The van der Waals surface area contributed by atoms with Crippen LogP contribution in [0.2, 0.25) is 0 Å². The first-order valence-corrected chi connectivity index (χ1v) is 6.63. The monoisotopic (exact) mass is 313 g/mol. The van der Waals surface area contributed by atoms with Gasteiger partial charge in [-0.2, -0.15) is 13.2 Å². The fraction of sp³-hybridized carbons (Fsp3) is 0.0714. The first kappa shape index (κ1) is 15.1. The zero-order valence-electron chi connectivity index (χ0n) is 10.6. The molecule has 3 nitrogen and oxygen atoms in total. The van der Waals surface area contributed by atoms with Crippen molar-refractivity contribution in [1.82, 2.24) is 0 Å². The molecule has 0 saturated carbocycles. The van der Waals surface area contributed by atoms with E-state index in [4.69, 9.17) is 4.74 Å². The topological polar surface area (TPSA) is 38.3 Å². The van der Waals surface area contributed by atoms with Crippen LogP contribution in [0.3, 0.4) is 0 Å². The maximum Gasteiger partial charge on any atom is 0.425 e. The van der Waals surface area contributed by atoms with Gasteiger partial charge in [0, 0.05) is 23.2 Å². The van der Waals surface area contributed by atoms with E-state index < -0.39 is 11.1 Å². The SMILES string of the molecule is C=CC(=O)Nc1cccc(Oc2csc(C(F)(F)F)c2)c1. The summed E-state index contributed by atoms with van der Waals surface area (Å²) in [7, 11) is 0. The Morgan fingerprint density at radius 3 is 2.67 bits per heavy atom. The molecule has 1 aromatic heterocycles. The van der Waals surface area contributed by atoms with E-state index in [-0.39, 0.29) is 11.7 Å². The Morgan fingerprint density at radius 1 is 1.29 bits per heavy atom. The Hall–Kier alpha value is -2.28. The van der Waals surface area contributed by atoms with Gasteiger partial charge in [-0.1, -0.05) is 12.6 Å². The fourth-order valence-corrected chi connectivity index (χ4v) is 2.16. The summed E-state index contributed by atoms with van der Waals surface area (Å²) in [5.41, 5.74) is 0.462. The number of rotatable bonds is 4. The third kappa shape index (κ3) is 4.09. The zero-order valence-corrected chi connectivity index (χ0v) is 11.4. The van der Waals surface area contributed by atoms with Crippen molar-refractivity contribution in [1.29, 1.82) is 0 Å². The van der Waals surface area contributed by atoms with E-state index in [1.165, 1.54) is 11.4 Å². The van der Waals surface area contributed by atoms with Gasteiger partial charge >= 0.3 is 6.18 Å². The zero-order chi connectivity index (χ0) is 15.5. The third-order valence-corrected chi connectivity index (χ3v) is 3.33. The summed E-state index contributed by atoms with van der Waals surface area (Å²) in [6.45, 7) is 3.32. The summed E-state index contributed by atoms with van der Waals surface area (Å²) in [6, 6.07) is 7.26. The van der Waals surface area contributed by atoms with Crippen LogP contribution in [0.4, 0.5) is 18.9 Å². The van der Waals surface area contributed by atoms with Crippen molar-refractivity contribution in [3.63, 3.8) is 0 Å². The largest absolute Gasteiger partial charge is 0.456 e. The van der Waals surface area contributed by atoms with E-state index >= 15 is 0 Å². The molecule has 0 radical (unpaired) electrons. The van der Waals surface area contributed by atoms with Crippen LogP contribution in [0, 0.1) is 0 Å². The van der Waals surface area contributed by atoms with E-state index in [2.05, 4.69) is 11.9 Å². The Morgan fingerprint density at radius 2 is 2.05 bits per heavy atom. The van der Waals surface area contributed by atoms with Gasteiger partial charge < -0.3 is 10.1 Å². The number of carbonyl (C=O) groups excluding carboxylic acids is 1. The Balaban J connectivity index is 2.13. The maximum atomic E-state index is 12.5. The molecule has 1 N–H and O–H groups in total. The van der Waals surface area contributed by atoms with Crippen molar-refractivity contribution in [2.45, 2.75) is 6.18 Å². The third-order valence-electron chi connectivity index (χ3n) is 2.38. The number of halogens is 3. The molecule has 2 aromatic rings. The standard InChI is InChI=1S/C14H10F3NO2S/c1-2-13(19)18-9-4-3-5-10(6-9)20-11-7-12(21-8-11)14(15,16)17/h2-8H,1H2,(H,18,19). The highest BCUT2D eigenvalue weighted by molar-refractivity contribution is 7.10. The van der Waals surface area contributed by atoms with Gasteiger partial charge in [0.2, 0.25) is 5.91 Å². The quantitative estimate of drug-likeness (QED) is 0.832. The number of benzene rings is 1. The second-order valence-electron chi connectivity index (χ2n) is 3.97. The first-order chi connectivity index (χ1) is 9.88. The minimum absolute atomic E-state index is 0.0968. The van der Waals surface area contributed by atoms with Gasteiger partial charge in [0.25, 0.3) is 0 Å². The molecule has 1 aromatic carbocycles. The minimum atomic E-state index is -4.38. The number of hydrogen-bond acceptors (Lipinski definition) is 3. The Kier molecular flexibility index (Phi) is 4.32. The fourth-order valence-electron chi connectivity index (χ4n) is 1.49. The van der Waals surface area contributed by atoms with E-state index in [0.717, 1.165) is 12.1 Å². The highest BCUT2D eigenvalue weighted by Gasteiger charge is 2.32. The number of ether oxygens (including phenoxy) is 1. The molecule has 0 spiro atoms. The van der Waals surface area contributed by atoms with E-state index in [1.807, 2.05) is 0 Å². The van der Waals surface area contributed by atoms with Crippen molar-refractivity contribution in [2.75, 3.05) is 5.32 Å². The lowest BCUT2D eigenvalue weighted by Crippen LogP contribution is -2.06. The molecule has 7 heteroatoms. The molecule has 0 unspecified atom stereocenters. The van der Waals surface area contributed by atoms with Crippen molar-refractivity contribution < 1.29 is 22.7 Å². The van der Waals surface area contributed by atoms with E-state index in [9.17, 15) is 18.0 Å². The highest BCUT2D eigenvalue weighted by Crippen LogP contribution is 2.37. The molecule has 110 valence electrons. The van der Waals surface area contributed by atoms with Gasteiger partial charge in [0.15, 0.2) is 0 Å². The van der Waals surface area contributed by atoms with Gasteiger partial charge in [-0.3, -0.25) is 4.79 Å². The molecule has 0 aliphatic carbocycles. The number of amides is 1. The molecule has 0 bridgehead atoms.